The smallest absolute Gasteiger partial charge is 0.338 e. The molecule has 4 unspecified atom stereocenters. The van der Waals surface area contributed by atoms with E-state index in [0.717, 1.165) is 65.0 Å². The molecular formula is C37H44IN3O6. The zero-order valence-corrected chi connectivity index (χ0v) is 29.9. The first-order chi connectivity index (χ1) is 22.3. The molecule has 10 heteroatoms. The summed E-state index contributed by atoms with van der Waals surface area (Å²) in [5.74, 6) is 0.562. The lowest BCUT2D eigenvalue weighted by Gasteiger charge is -2.47. The summed E-state index contributed by atoms with van der Waals surface area (Å²) in [6.45, 7) is 0.862. The number of methoxy groups -OCH3 is 3. The second-order valence-electron chi connectivity index (χ2n) is 12.4. The van der Waals surface area contributed by atoms with Crippen molar-refractivity contribution in [1.82, 2.24) is 4.98 Å². The minimum Gasteiger partial charge on any atom is -1.00 e. The normalized spacial score (nSPS) is 23.3. The Morgan fingerprint density at radius 1 is 0.957 bits per heavy atom. The molecule has 4 heterocycles. The summed E-state index contributed by atoms with van der Waals surface area (Å²) in [5.41, 5.74) is 4.85. The molecule has 250 valence electrons. The number of nitrogens with zero attached hydrogens (tertiary/aromatic N) is 3. The summed E-state index contributed by atoms with van der Waals surface area (Å²) in [5, 5.41) is 0. The summed E-state index contributed by atoms with van der Waals surface area (Å²) in [7, 11) is 9.05. The van der Waals surface area contributed by atoms with Crippen molar-refractivity contribution >= 4 is 23.7 Å². The predicted octanol–water partition coefficient (Wildman–Crippen LogP) is 2.78. The topological polar surface area (TPSA) is 96.3 Å². The molecule has 2 bridgehead atoms. The van der Waals surface area contributed by atoms with Gasteiger partial charge in [0.1, 0.15) is 29.6 Å². The van der Waals surface area contributed by atoms with Gasteiger partial charge in [0.25, 0.3) is 0 Å². The first kappa shape index (κ1) is 36.1. The third-order valence-electron chi connectivity index (χ3n) is 9.54. The van der Waals surface area contributed by atoms with Crippen molar-refractivity contribution in [2.24, 2.45) is 10.9 Å². The molecule has 47 heavy (non-hydrogen) atoms. The van der Waals surface area contributed by atoms with Crippen LogP contribution in [0.4, 0.5) is 0 Å². The molecule has 2 saturated heterocycles. The van der Waals surface area contributed by atoms with Gasteiger partial charge in [0, 0.05) is 55.4 Å². The number of allylic oxidation sites excluding steroid dienone is 1. The van der Waals surface area contributed by atoms with Crippen LogP contribution >= 0.6 is 0 Å². The highest BCUT2D eigenvalue weighted by atomic mass is 127. The van der Waals surface area contributed by atoms with E-state index in [2.05, 4.69) is 31.2 Å². The Labute approximate surface area is 294 Å². The lowest BCUT2D eigenvalue weighted by atomic mass is 9.85. The first-order valence-corrected chi connectivity index (χ1v) is 15.8. The monoisotopic (exact) mass is 753 g/mol. The number of fused-ring (bicyclic) bond motifs is 2. The van der Waals surface area contributed by atoms with E-state index >= 15 is 0 Å². The molecule has 3 aliphatic rings. The maximum atomic E-state index is 12.4. The molecule has 0 aliphatic carbocycles. The van der Waals surface area contributed by atoms with Crippen molar-refractivity contribution in [3.8, 4) is 11.5 Å². The summed E-state index contributed by atoms with van der Waals surface area (Å²) < 4.78 is 22.3. The summed E-state index contributed by atoms with van der Waals surface area (Å²) in [6, 6.07) is 19.3. The number of carbonyl (C=O) groups excluding carboxylic acids is 2. The van der Waals surface area contributed by atoms with Crippen molar-refractivity contribution in [3.63, 3.8) is 0 Å². The molecule has 2 fully saturated rings. The van der Waals surface area contributed by atoms with Gasteiger partial charge in [0.05, 0.1) is 52.7 Å². The third-order valence-corrected chi connectivity index (χ3v) is 9.54. The van der Waals surface area contributed by atoms with Crippen LogP contribution in [0.5, 0.6) is 11.5 Å². The molecule has 3 aliphatic heterocycles. The fourth-order valence-electron chi connectivity index (χ4n) is 7.02. The molecule has 0 radical (unpaired) electrons. The minimum atomic E-state index is -0.404. The Morgan fingerprint density at radius 2 is 1.74 bits per heavy atom. The lowest BCUT2D eigenvalue weighted by molar-refractivity contribution is -0.934. The number of carbonyl (C=O) groups is 2. The molecule has 0 spiro atoms. The summed E-state index contributed by atoms with van der Waals surface area (Å²) >= 11 is 0. The van der Waals surface area contributed by atoms with Gasteiger partial charge < -0.3 is 47.4 Å². The molecule has 0 saturated carbocycles. The van der Waals surface area contributed by atoms with Crippen molar-refractivity contribution in [2.75, 3.05) is 42.0 Å². The molecule has 2 aromatic carbocycles. The second-order valence-corrected chi connectivity index (χ2v) is 12.4. The SMILES string of the molecule is COC(=O)C1C(OC(=O)c2ccccc2)CC2CCC1[N+]2(C)C.COc1ccc(/C=C2\CCCN=C2c2cccnc2)c(OC)c1.[I-]. The predicted molar refractivity (Wildman–Crippen MR) is 177 cm³/mol. The maximum Gasteiger partial charge on any atom is 0.338 e. The van der Waals surface area contributed by atoms with Gasteiger partial charge in [-0.1, -0.05) is 18.2 Å². The highest BCUT2D eigenvalue weighted by molar-refractivity contribution is 6.15. The van der Waals surface area contributed by atoms with Crippen LogP contribution in [0.25, 0.3) is 6.08 Å². The molecule has 3 aromatic rings. The number of aliphatic imine (C=N–C) groups is 1. The number of hydrogen-bond donors (Lipinski definition) is 0. The molecule has 4 atom stereocenters. The van der Waals surface area contributed by atoms with Gasteiger partial charge >= 0.3 is 11.9 Å². The van der Waals surface area contributed by atoms with Gasteiger partial charge in [0.2, 0.25) is 0 Å². The van der Waals surface area contributed by atoms with E-state index in [4.69, 9.17) is 23.9 Å². The van der Waals surface area contributed by atoms with Gasteiger partial charge in [-0.15, -0.1) is 0 Å². The highest BCUT2D eigenvalue weighted by Gasteiger charge is 2.58. The van der Waals surface area contributed by atoms with Crippen molar-refractivity contribution in [3.05, 3.63) is 95.3 Å². The van der Waals surface area contributed by atoms with Crippen molar-refractivity contribution in [1.29, 1.82) is 0 Å². The van der Waals surface area contributed by atoms with Gasteiger partial charge in [-0.2, -0.15) is 0 Å². The fourth-order valence-corrected chi connectivity index (χ4v) is 7.02. The fraction of sp³-hybridized carbons (Fsp3) is 0.405. The van der Waals surface area contributed by atoms with Crippen LogP contribution in [0, 0.1) is 5.92 Å². The number of aromatic nitrogens is 1. The van der Waals surface area contributed by atoms with E-state index in [1.807, 2.05) is 36.5 Å². The number of rotatable bonds is 7. The van der Waals surface area contributed by atoms with E-state index in [0.29, 0.717) is 18.0 Å². The zero-order chi connectivity index (χ0) is 32.7. The van der Waals surface area contributed by atoms with Crippen LogP contribution in [0.3, 0.4) is 0 Å². The quantitative estimate of drug-likeness (QED) is 0.208. The number of piperidine rings is 1. The average molecular weight is 754 g/mol. The van der Waals surface area contributed by atoms with E-state index in [1.54, 1.807) is 44.7 Å². The van der Waals surface area contributed by atoms with E-state index in [-0.39, 0.29) is 47.9 Å². The Kier molecular flexibility index (Phi) is 12.6. The van der Waals surface area contributed by atoms with Crippen LogP contribution in [-0.2, 0) is 14.3 Å². The molecule has 1 aromatic heterocycles. The zero-order valence-electron chi connectivity index (χ0n) is 27.7. The number of ether oxygens (including phenoxy) is 4. The highest BCUT2D eigenvalue weighted by Crippen LogP contribution is 2.44. The molecule has 0 amide bonds. The Hall–Kier alpha value is -3.77. The third kappa shape index (κ3) is 8.21. The van der Waals surface area contributed by atoms with E-state index < -0.39 is 6.10 Å². The molecular weight excluding hydrogens is 709 g/mol. The van der Waals surface area contributed by atoms with Crippen LogP contribution in [0.1, 0.15) is 53.6 Å². The first-order valence-electron chi connectivity index (χ1n) is 15.8. The van der Waals surface area contributed by atoms with Crippen LogP contribution < -0.4 is 33.5 Å². The van der Waals surface area contributed by atoms with E-state index in [9.17, 15) is 9.59 Å². The van der Waals surface area contributed by atoms with Crippen molar-refractivity contribution < 1.29 is 57.0 Å². The minimum absolute atomic E-state index is 0. The second kappa shape index (κ2) is 16.4. The Bertz CT molecular complexity index is 1580. The standard InChI is InChI=1S/C19H20N2O2.C18H24NO4.HI/c1-22-17-8-7-14(18(12-17)23-2)11-15-5-4-10-21-19(15)16-6-3-9-20-13-16;1-19(2)13-9-10-14(19)16(18(21)22-3)15(11-13)23-17(20)12-7-5-4-6-8-12;/h3,6-9,11-13H,4-5,10H2,1-2H3;4-8,13-16H,9-11H2,1-3H3;1H/q;+1;/p-1/b15-11+;;. The molecule has 6 rings (SSSR count). The number of hydrogen-bond acceptors (Lipinski definition) is 8. The van der Waals surface area contributed by atoms with Gasteiger partial charge in [-0.05, 0) is 60.9 Å². The number of quaternary nitrogens is 1. The van der Waals surface area contributed by atoms with Gasteiger partial charge in [-0.25, -0.2) is 4.79 Å². The van der Waals surface area contributed by atoms with Crippen molar-refractivity contribution in [2.45, 2.75) is 50.3 Å². The Morgan fingerprint density at radius 3 is 2.43 bits per heavy atom. The van der Waals surface area contributed by atoms with Crippen LogP contribution in [-0.4, -0.2) is 87.3 Å². The average Bonchev–Trinajstić information content (AvgIpc) is 3.24. The number of benzene rings is 2. The van der Waals surface area contributed by atoms with Crippen LogP contribution in [0.2, 0.25) is 0 Å². The van der Waals surface area contributed by atoms with Gasteiger partial charge in [0.15, 0.2) is 0 Å². The number of halogens is 1. The largest absolute Gasteiger partial charge is 1.00 e. The Balaban J connectivity index is 0.000000208. The summed E-state index contributed by atoms with van der Waals surface area (Å²) in [4.78, 5) is 33.7. The van der Waals surface area contributed by atoms with Crippen LogP contribution in [0.15, 0.2) is 83.6 Å². The number of esters is 2. The maximum absolute atomic E-state index is 12.4. The molecule has 0 N–H and O–H groups in total. The molecule has 9 nitrogen and oxygen atoms in total. The lowest BCUT2D eigenvalue weighted by Crippen LogP contribution is -3.00. The van der Waals surface area contributed by atoms with E-state index in [1.165, 1.54) is 12.7 Å². The van der Waals surface area contributed by atoms with Gasteiger partial charge in [-0.3, -0.25) is 14.8 Å². The number of pyridine rings is 1. The summed E-state index contributed by atoms with van der Waals surface area (Å²) in [6.07, 6.45) is 10.2.